The first kappa shape index (κ1) is 11.7. The summed E-state index contributed by atoms with van der Waals surface area (Å²) in [5.41, 5.74) is 2.32. The molecule has 2 aliphatic heterocycles. The molecule has 0 bridgehead atoms. The Balaban J connectivity index is 1.50. The fraction of sp³-hybridized carbons (Fsp3) is 0.500. The molecule has 0 saturated carbocycles. The summed E-state index contributed by atoms with van der Waals surface area (Å²) in [7, 11) is 0. The van der Waals surface area contributed by atoms with Crippen LogP contribution in [0.5, 0.6) is 0 Å². The molecule has 0 aromatic heterocycles. The molecule has 18 heavy (non-hydrogen) atoms. The number of benzene rings is 1. The Kier molecular flexibility index (Phi) is 3.57. The summed E-state index contributed by atoms with van der Waals surface area (Å²) in [5.74, 6) is 0.287. The second-order valence-electron chi connectivity index (χ2n) is 4.64. The summed E-state index contributed by atoms with van der Waals surface area (Å²) in [5, 5.41) is 4.06. The second-order valence-corrected chi connectivity index (χ2v) is 4.64. The van der Waals surface area contributed by atoms with Crippen molar-refractivity contribution in [2.75, 3.05) is 19.8 Å². The first-order valence-corrected chi connectivity index (χ1v) is 6.35. The molecule has 0 spiro atoms. The van der Waals surface area contributed by atoms with Crippen LogP contribution in [0.4, 0.5) is 0 Å². The highest BCUT2D eigenvalue weighted by molar-refractivity contribution is 5.88. The van der Waals surface area contributed by atoms with Crippen LogP contribution in [0.3, 0.4) is 0 Å². The summed E-state index contributed by atoms with van der Waals surface area (Å²) in [6, 6.07) is 10.2. The van der Waals surface area contributed by atoms with Crippen LogP contribution in [0.1, 0.15) is 12.0 Å². The molecule has 1 fully saturated rings. The van der Waals surface area contributed by atoms with Gasteiger partial charge in [-0.25, -0.2) is 0 Å². The van der Waals surface area contributed by atoms with Gasteiger partial charge in [0, 0.05) is 6.42 Å². The van der Waals surface area contributed by atoms with E-state index in [0.29, 0.717) is 19.8 Å². The van der Waals surface area contributed by atoms with Gasteiger partial charge >= 0.3 is 0 Å². The maximum atomic E-state index is 5.74. The molecular formula is C14H17NO3. The molecule has 0 N–H and O–H groups in total. The molecule has 3 rings (SSSR count). The number of hydrogen-bond donors (Lipinski definition) is 0. The van der Waals surface area contributed by atoms with Gasteiger partial charge in [0.1, 0.15) is 6.61 Å². The Bertz CT molecular complexity index is 418. The van der Waals surface area contributed by atoms with Crippen molar-refractivity contribution in [3.05, 3.63) is 35.9 Å². The molecule has 4 heteroatoms. The van der Waals surface area contributed by atoms with E-state index in [0.717, 1.165) is 18.7 Å². The van der Waals surface area contributed by atoms with E-state index in [1.165, 1.54) is 5.56 Å². The lowest BCUT2D eigenvalue weighted by Crippen LogP contribution is -2.39. The monoisotopic (exact) mass is 247 g/mol. The average molecular weight is 247 g/mol. The lowest BCUT2D eigenvalue weighted by atomic mass is 9.94. The van der Waals surface area contributed by atoms with Gasteiger partial charge in [-0.05, 0) is 5.56 Å². The van der Waals surface area contributed by atoms with Crippen LogP contribution < -0.4 is 0 Å². The van der Waals surface area contributed by atoms with Gasteiger partial charge in [-0.3, -0.25) is 0 Å². The van der Waals surface area contributed by atoms with E-state index in [9.17, 15) is 0 Å². The fourth-order valence-corrected chi connectivity index (χ4v) is 2.38. The quantitative estimate of drug-likeness (QED) is 0.817. The maximum Gasteiger partial charge on any atom is 0.127 e. The number of hydrogen-bond acceptors (Lipinski definition) is 4. The van der Waals surface area contributed by atoms with Gasteiger partial charge in [-0.15, -0.1) is 0 Å². The summed E-state index contributed by atoms with van der Waals surface area (Å²) in [4.78, 5) is 5.14. The SMILES string of the molecule is c1ccc(COC[C@H]2OCCC3=NOC[C@@H]32)cc1. The largest absolute Gasteiger partial charge is 0.395 e. The highest BCUT2D eigenvalue weighted by Crippen LogP contribution is 2.24. The summed E-state index contributed by atoms with van der Waals surface area (Å²) in [6.45, 7) is 2.58. The van der Waals surface area contributed by atoms with Crippen LogP contribution in [0.15, 0.2) is 35.5 Å². The standard InChI is InChI=1S/C14H17NO3/c1-2-4-11(5-3-1)8-16-10-14-12-9-18-15-13(12)6-7-17-14/h1-5,12,14H,6-10H2/t12-,14+/m0/s1. The molecule has 4 nitrogen and oxygen atoms in total. The molecule has 0 aliphatic carbocycles. The third kappa shape index (κ3) is 2.54. The van der Waals surface area contributed by atoms with Crippen molar-refractivity contribution in [2.45, 2.75) is 19.1 Å². The van der Waals surface area contributed by atoms with Gasteiger partial charge in [-0.2, -0.15) is 0 Å². The summed E-state index contributed by atoms with van der Waals surface area (Å²) < 4.78 is 11.5. The Labute approximate surface area is 107 Å². The molecule has 96 valence electrons. The van der Waals surface area contributed by atoms with E-state index in [2.05, 4.69) is 17.3 Å². The summed E-state index contributed by atoms with van der Waals surface area (Å²) in [6.07, 6.45) is 0.976. The van der Waals surface area contributed by atoms with Crippen LogP contribution in [0.2, 0.25) is 0 Å². The third-order valence-electron chi connectivity index (χ3n) is 3.40. The second kappa shape index (κ2) is 5.50. The van der Waals surface area contributed by atoms with E-state index >= 15 is 0 Å². The minimum Gasteiger partial charge on any atom is -0.395 e. The highest BCUT2D eigenvalue weighted by atomic mass is 16.6. The molecular weight excluding hydrogens is 230 g/mol. The van der Waals surface area contributed by atoms with E-state index in [1.807, 2.05) is 18.2 Å². The fourth-order valence-electron chi connectivity index (χ4n) is 2.38. The van der Waals surface area contributed by atoms with Gasteiger partial charge in [-0.1, -0.05) is 35.5 Å². The van der Waals surface area contributed by atoms with Gasteiger partial charge in [0.15, 0.2) is 0 Å². The molecule has 0 unspecified atom stereocenters. The molecule has 1 saturated heterocycles. The Hall–Kier alpha value is -1.39. The van der Waals surface area contributed by atoms with Crippen LogP contribution >= 0.6 is 0 Å². The van der Waals surface area contributed by atoms with E-state index in [-0.39, 0.29) is 12.0 Å². The Morgan fingerprint density at radius 3 is 3.06 bits per heavy atom. The van der Waals surface area contributed by atoms with Crippen molar-refractivity contribution in [2.24, 2.45) is 11.1 Å². The minimum absolute atomic E-state index is 0.0868. The van der Waals surface area contributed by atoms with E-state index < -0.39 is 0 Å². The number of oxime groups is 1. The van der Waals surface area contributed by atoms with Crippen LogP contribution in [-0.2, 0) is 20.9 Å². The zero-order valence-electron chi connectivity index (χ0n) is 10.2. The van der Waals surface area contributed by atoms with E-state index in [4.69, 9.17) is 14.3 Å². The minimum atomic E-state index is 0.0868. The molecule has 2 heterocycles. The van der Waals surface area contributed by atoms with Crippen molar-refractivity contribution in [3.8, 4) is 0 Å². The van der Waals surface area contributed by atoms with Crippen molar-refractivity contribution in [1.82, 2.24) is 0 Å². The lowest BCUT2D eigenvalue weighted by Gasteiger charge is -2.27. The average Bonchev–Trinajstić information content (AvgIpc) is 2.89. The van der Waals surface area contributed by atoms with Gasteiger partial charge < -0.3 is 14.3 Å². The summed E-state index contributed by atoms with van der Waals surface area (Å²) >= 11 is 0. The predicted molar refractivity (Wildman–Crippen MR) is 67.3 cm³/mol. The van der Waals surface area contributed by atoms with Crippen LogP contribution in [-0.4, -0.2) is 31.6 Å². The lowest BCUT2D eigenvalue weighted by molar-refractivity contribution is -0.0517. The predicted octanol–water partition coefficient (Wildman–Crippen LogP) is 1.99. The Morgan fingerprint density at radius 1 is 1.28 bits per heavy atom. The van der Waals surface area contributed by atoms with Crippen molar-refractivity contribution in [1.29, 1.82) is 0 Å². The maximum absolute atomic E-state index is 5.74. The zero-order chi connectivity index (χ0) is 12.2. The van der Waals surface area contributed by atoms with Crippen molar-refractivity contribution in [3.63, 3.8) is 0 Å². The number of rotatable bonds is 4. The highest BCUT2D eigenvalue weighted by Gasteiger charge is 2.35. The molecule has 2 aliphatic rings. The van der Waals surface area contributed by atoms with Crippen LogP contribution in [0.25, 0.3) is 0 Å². The third-order valence-corrected chi connectivity index (χ3v) is 3.40. The normalized spacial score (nSPS) is 26.3. The van der Waals surface area contributed by atoms with Crippen molar-refractivity contribution < 1.29 is 14.3 Å². The van der Waals surface area contributed by atoms with E-state index in [1.54, 1.807) is 0 Å². The molecule has 1 aromatic rings. The van der Waals surface area contributed by atoms with Gasteiger partial charge in [0.05, 0.1) is 37.6 Å². The molecule has 0 radical (unpaired) electrons. The van der Waals surface area contributed by atoms with Crippen LogP contribution in [0, 0.1) is 5.92 Å². The zero-order valence-corrected chi connectivity index (χ0v) is 10.2. The first-order chi connectivity index (χ1) is 8.93. The molecule has 2 atom stereocenters. The number of nitrogens with zero attached hydrogens (tertiary/aromatic N) is 1. The molecule has 0 amide bonds. The molecule has 1 aromatic carbocycles. The van der Waals surface area contributed by atoms with Gasteiger partial charge in [0.2, 0.25) is 0 Å². The number of ether oxygens (including phenoxy) is 2. The topological polar surface area (TPSA) is 40.0 Å². The smallest absolute Gasteiger partial charge is 0.127 e. The van der Waals surface area contributed by atoms with Crippen molar-refractivity contribution >= 4 is 5.71 Å². The Morgan fingerprint density at radius 2 is 2.17 bits per heavy atom. The number of fused-ring (bicyclic) bond motifs is 1. The van der Waals surface area contributed by atoms with Gasteiger partial charge in [0.25, 0.3) is 0 Å². The first-order valence-electron chi connectivity index (χ1n) is 6.35.